The molecule has 0 saturated carbocycles. The van der Waals surface area contributed by atoms with E-state index in [1.807, 2.05) is 0 Å². The van der Waals surface area contributed by atoms with Gasteiger partial charge in [0.15, 0.2) is 6.10 Å². The van der Waals surface area contributed by atoms with E-state index in [1.54, 1.807) is 0 Å². The Morgan fingerprint density at radius 1 is 0.492 bits per heavy atom. The van der Waals surface area contributed by atoms with E-state index >= 15 is 0 Å². The second-order valence-corrected chi connectivity index (χ2v) is 17.8. The van der Waals surface area contributed by atoms with Gasteiger partial charge in [-0.05, 0) is 70.6 Å². The fourth-order valence-electron chi connectivity index (χ4n) is 6.61. The molecule has 0 rings (SSSR count). The summed E-state index contributed by atoms with van der Waals surface area (Å²) in [5.41, 5.74) is 5.35. The third-order valence-electron chi connectivity index (χ3n) is 10.3. The molecule has 3 N–H and O–H groups in total. The number of allylic oxidation sites excluding steroid dienone is 14. The Kier molecular flexibility index (Phi) is 46.5. The molecule has 0 aromatic carbocycles. The number of carbonyl (C=O) groups is 2. The second kappa shape index (κ2) is 48.6. The lowest BCUT2D eigenvalue weighted by atomic mass is 10.0. The van der Waals surface area contributed by atoms with Gasteiger partial charge in [0.1, 0.15) is 6.61 Å². The van der Waals surface area contributed by atoms with Gasteiger partial charge < -0.3 is 20.1 Å². The Labute approximate surface area is 385 Å². The van der Waals surface area contributed by atoms with Crippen molar-refractivity contribution in [3.63, 3.8) is 0 Å². The van der Waals surface area contributed by atoms with Gasteiger partial charge in [-0.1, -0.05) is 208 Å². The molecule has 63 heavy (non-hydrogen) atoms. The van der Waals surface area contributed by atoms with Crippen molar-refractivity contribution >= 4 is 19.8 Å². The Morgan fingerprint density at radius 2 is 0.873 bits per heavy atom. The zero-order chi connectivity index (χ0) is 46.0. The molecule has 2 atom stereocenters. The summed E-state index contributed by atoms with van der Waals surface area (Å²) in [7, 11) is -4.38. The van der Waals surface area contributed by atoms with Crippen molar-refractivity contribution in [3.05, 3.63) is 85.1 Å². The van der Waals surface area contributed by atoms with Crippen molar-refractivity contribution < 1.29 is 37.6 Å². The number of esters is 2. The number of hydrogen-bond donors (Lipinski definition) is 2. The molecule has 0 spiro atoms. The number of ether oxygens (including phenoxy) is 2. The quantitative estimate of drug-likeness (QED) is 0.0265. The SMILES string of the molecule is CC/C=C\C/C=C\C/C=C\C/C=C\C/C=C\C/C=C\C/C=C\CCCCCCCCCCCCCC(=O)OC(COC(=O)CCCCCCCCCCC)COP(=O)(O)OCCN. The average molecular weight is 902 g/mol. The summed E-state index contributed by atoms with van der Waals surface area (Å²) in [5.74, 6) is -0.836. The topological polar surface area (TPSA) is 134 Å². The fourth-order valence-corrected chi connectivity index (χ4v) is 7.38. The predicted octanol–water partition coefficient (Wildman–Crippen LogP) is 15.2. The van der Waals surface area contributed by atoms with E-state index < -0.39 is 26.5 Å². The number of phosphoric ester groups is 1. The van der Waals surface area contributed by atoms with Crippen molar-refractivity contribution in [1.29, 1.82) is 0 Å². The number of rotatable bonds is 46. The molecule has 0 aromatic heterocycles. The minimum atomic E-state index is -4.38. The van der Waals surface area contributed by atoms with Crippen LogP contribution in [0.15, 0.2) is 85.1 Å². The minimum absolute atomic E-state index is 0.0507. The van der Waals surface area contributed by atoms with Gasteiger partial charge in [-0.3, -0.25) is 18.6 Å². The molecule has 0 bridgehead atoms. The summed E-state index contributed by atoms with van der Waals surface area (Å²) in [4.78, 5) is 34.8. The zero-order valence-electron chi connectivity index (χ0n) is 40.0. The van der Waals surface area contributed by atoms with E-state index in [0.717, 1.165) is 89.9 Å². The average Bonchev–Trinajstić information content (AvgIpc) is 3.27. The number of hydrogen-bond acceptors (Lipinski definition) is 8. The summed E-state index contributed by atoms with van der Waals surface area (Å²) < 4.78 is 32.8. The monoisotopic (exact) mass is 902 g/mol. The number of unbranched alkanes of at least 4 members (excludes halogenated alkanes) is 19. The molecule has 10 heteroatoms. The van der Waals surface area contributed by atoms with E-state index in [-0.39, 0.29) is 38.6 Å². The highest BCUT2D eigenvalue weighted by Gasteiger charge is 2.26. The highest BCUT2D eigenvalue weighted by molar-refractivity contribution is 7.47. The normalized spacial score (nSPS) is 13.9. The Morgan fingerprint density at radius 3 is 1.30 bits per heavy atom. The van der Waals surface area contributed by atoms with Gasteiger partial charge in [-0.2, -0.15) is 0 Å². The van der Waals surface area contributed by atoms with Gasteiger partial charge in [0.05, 0.1) is 13.2 Å². The molecular formula is C53H92NO8P. The van der Waals surface area contributed by atoms with Crippen molar-refractivity contribution in [1.82, 2.24) is 0 Å². The van der Waals surface area contributed by atoms with Gasteiger partial charge >= 0.3 is 19.8 Å². The third kappa shape index (κ3) is 48.5. The largest absolute Gasteiger partial charge is 0.472 e. The standard InChI is InChI=1S/C53H92NO8P/c1-3-5-7-9-11-13-14-15-16-17-18-19-20-21-22-23-24-25-26-27-28-29-30-31-32-33-34-35-36-38-40-42-44-46-53(56)62-51(50-61-63(57,58)60-48-47-54)49-59-52(55)45-43-41-39-37-12-10-8-6-4-2/h5,7,11,13,15-16,18-19,21-22,24-25,27-28,51H,3-4,6,8-10,12,14,17,20,23,26,29-50,54H2,1-2H3,(H,57,58)/b7-5-,13-11-,16-15-,19-18-,22-21-,25-24-,28-27-. The highest BCUT2D eigenvalue weighted by Crippen LogP contribution is 2.43. The summed E-state index contributed by atoms with van der Waals surface area (Å²) in [5, 5.41) is 0. The number of carbonyl (C=O) groups excluding carboxylic acids is 2. The molecule has 362 valence electrons. The van der Waals surface area contributed by atoms with E-state index in [2.05, 4.69) is 98.9 Å². The van der Waals surface area contributed by atoms with E-state index in [9.17, 15) is 19.0 Å². The van der Waals surface area contributed by atoms with Gasteiger partial charge in [0.25, 0.3) is 0 Å². The number of nitrogens with two attached hydrogens (primary N) is 1. The van der Waals surface area contributed by atoms with Crippen molar-refractivity contribution in [2.45, 2.75) is 213 Å². The van der Waals surface area contributed by atoms with Crippen LogP contribution in [-0.2, 0) is 32.7 Å². The first-order valence-corrected chi connectivity index (χ1v) is 26.6. The lowest BCUT2D eigenvalue weighted by molar-refractivity contribution is -0.161. The second-order valence-electron chi connectivity index (χ2n) is 16.3. The lowest BCUT2D eigenvalue weighted by Gasteiger charge is -2.19. The van der Waals surface area contributed by atoms with Crippen LogP contribution in [0.2, 0.25) is 0 Å². The maximum atomic E-state index is 12.6. The summed E-state index contributed by atoms with van der Waals surface area (Å²) in [6.45, 7) is 3.59. The summed E-state index contributed by atoms with van der Waals surface area (Å²) in [6.07, 6.45) is 62.1. The molecule has 0 heterocycles. The smallest absolute Gasteiger partial charge is 0.462 e. The van der Waals surface area contributed by atoms with Gasteiger partial charge in [-0.15, -0.1) is 0 Å². The Bertz CT molecular complexity index is 1300. The molecule has 0 aliphatic rings. The van der Waals surface area contributed by atoms with E-state index in [1.165, 1.54) is 83.5 Å². The Hall–Kier alpha value is -2.81. The van der Waals surface area contributed by atoms with Gasteiger partial charge in [-0.25, -0.2) is 4.57 Å². The van der Waals surface area contributed by atoms with Crippen molar-refractivity contribution in [3.8, 4) is 0 Å². The first-order chi connectivity index (χ1) is 30.8. The Balaban J connectivity index is 3.94. The van der Waals surface area contributed by atoms with E-state index in [0.29, 0.717) is 6.42 Å². The first-order valence-electron chi connectivity index (χ1n) is 25.1. The predicted molar refractivity (Wildman–Crippen MR) is 265 cm³/mol. The minimum Gasteiger partial charge on any atom is -0.462 e. The molecule has 0 fully saturated rings. The lowest BCUT2D eigenvalue weighted by Crippen LogP contribution is -2.29. The molecular weight excluding hydrogens is 810 g/mol. The van der Waals surface area contributed by atoms with Crippen LogP contribution < -0.4 is 5.73 Å². The van der Waals surface area contributed by atoms with Crippen LogP contribution >= 0.6 is 7.82 Å². The molecule has 9 nitrogen and oxygen atoms in total. The van der Waals surface area contributed by atoms with Crippen LogP contribution in [0.5, 0.6) is 0 Å². The van der Waals surface area contributed by atoms with Crippen LogP contribution in [0, 0.1) is 0 Å². The van der Waals surface area contributed by atoms with Crippen LogP contribution in [0.25, 0.3) is 0 Å². The highest BCUT2D eigenvalue weighted by atomic mass is 31.2. The fraction of sp³-hybridized carbons (Fsp3) is 0.698. The van der Waals surface area contributed by atoms with Crippen LogP contribution in [-0.4, -0.2) is 49.3 Å². The zero-order valence-corrected chi connectivity index (χ0v) is 40.9. The first kappa shape index (κ1) is 60.2. The maximum absolute atomic E-state index is 12.6. The molecule has 0 radical (unpaired) electrons. The molecule has 0 amide bonds. The van der Waals surface area contributed by atoms with E-state index in [4.69, 9.17) is 24.3 Å². The molecule has 0 aliphatic carbocycles. The van der Waals surface area contributed by atoms with Gasteiger partial charge in [0.2, 0.25) is 0 Å². The summed E-state index contributed by atoms with van der Waals surface area (Å²) in [6, 6.07) is 0. The molecule has 0 saturated heterocycles. The molecule has 0 aliphatic heterocycles. The van der Waals surface area contributed by atoms with Crippen LogP contribution in [0.3, 0.4) is 0 Å². The number of phosphoric acid groups is 1. The molecule has 0 aromatic rings. The van der Waals surface area contributed by atoms with Crippen LogP contribution in [0.4, 0.5) is 0 Å². The van der Waals surface area contributed by atoms with Gasteiger partial charge in [0, 0.05) is 19.4 Å². The van der Waals surface area contributed by atoms with Crippen molar-refractivity contribution in [2.24, 2.45) is 5.73 Å². The maximum Gasteiger partial charge on any atom is 0.472 e. The van der Waals surface area contributed by atoms with Crippen molar-refractivity contribution in [2.75, 3.05) is 26.4 Å². The third-order valence-corrected chi connectivity index (χ3v) is 11.3. The van der Waals surface area contributed by atoms with Crippen LogP contribution in [0.1, 0.15) is 206 Å². The molecule has 2 unspecified atom stereocenters. The summed E-state index contributed by atoms with van der Waals surface area (Å²) >= 11 is 0.